The van der Waals surface area contributed by atoms with Gasteiger partial charge in [0.15, 0.2) is 11.5 Å². The van der Waals surface area contributed by atoms with Crippen LogP contribution in [0, 0.1) is 0 Å². The minimum absolute atomic E-state index is 0.297. The zero-order chi connectivity index (χ0) is 14.9. The normalized spacial score (nSPS) is 20.2. The lowest BCUT2D eigenvalue weighted by Gasteiger charge is -2.29. The molecule has 4 rings (SSSR count). The Morgan fingerprint density at radius 1 is 1.14 bits per heavy atom. The van der Waals surface area contributed by atoms with Crippen molar-refractivity contribution in [2.75, 3.05) is 24.7 Å². The smallest absolute Gasteiger partial charge is 0.166 e. The highest BCUT2D eigenvalue weighted by Crippen LogP contribution is 2.43. The first kappa shape index (κ1) is 13.9. The van der Waals surface area contributed by atoms with Gasteiger partial charge in [-0.2, -0.15) is 0 Å². The number of fused-ring (bicyclic) bond motifs is 1. The molecule has 1 unspecified atom stereocenters. The van der Waals surface area contributed by atoms with Gasteiger partial charge >= 0.3 is 0 Å². The summed E-state index contributed by atoms with van der Waals surface area (Å²) < 4.78 is 12.6. The van der Waals surface area contributed by atoms with Crippen molar-refractivity contribution in [2.45, 2.75) is 18.9 Å². The Morgan fingerprint density at radius 3 is 2.91 bits per heavy atom. The Balaban J connectivity index is 1.71. The van der Waals surface area contributed by atoms with Gasteiger partial charge in [-0.1, -0.05) is 12.1 Å². The van der Waals surface area contributed by atoms with E-state index in [1.54, 1.807) is 0 Å². The number of aromatic nitrogens is 1. The van der Waals surface area contributed by atoms with Crippen LogP contribution in [0.1, 0.15) is 24.4 Å². The molecule has 2 aliphatic rings. The number of para-hydroxylation sites is 1. The molecule has 0 saturated carbocycles. The van der Waals surface area contributed by atoms with Gasteiger partial charge in [0.1, 0.15) is 19.0 Å². The van der Waals surface area contributed by atoms with E-state index in [1.165, 1.54) is 5.56 Å². The minimum Gasteiger partial charge on any atom is -0.486 e. The van der Waals surface area contributed by atoms with Crippen LogP contribution >= 0.6 is 15.9 Å². The molecule has 0 N–H and O–H groups in total. The van der Waals surface area contributed by atoms with Gasteiger partial charge < -0.3 is 14.4 Å². The standard InChI is InChI=1S/C17H17BrN2O2/c18-12-6-7-16(19-11-12)20-8-2-4-14(20)13-3-1-5-15-17(13)22-10-9-21-15/h1,3,5-7,11,14H,2,4,8-10H2. The molecule has 0 bridgehead atoms. The van der Waals surface area contributed by atoms with Crippen molar-refractivity contribution in [1.82, 2.24) is 4.98 Å². The highest BCUT2D eigenvalue weighted by molar-refractivity contribution is 9.10. The molecule has 5 heteroatoms. The van der Waals surface area contributed by atoms with Crippen LogP contribution in [0.4, 0.5) is 5.82 Å². The lowest BCUT2D eigenvalue weighted by Crippen LogP contribution is -2.25. The molecule has 3 heterocycles. The van der Waals surface area contributed by atoms with E-state index in [2.05, 4.69) is 37.9 Å². The summed E-state index contributed by atoms with van der Waals surface area (Å²) in [5, 5.41) is 0. The van der Waals surface area contributed by atoms with Gasteiger partial charge in [0, 0.05) is 22.8 Å². The number of anilines is 1. The summed E-state index contributed by atoms with van der Waals surface area (Å²) in [4.78, 5) is 6.92. The molecule has 0 radical (unpaired) electrons. The molecule has 2 aromatic rings. The number of nitrogens with zero attached hydrogens (tertiary/aromatic N) is 2. The second-order valence-corrected chi connectivity index (χ2v) is 6.47. The lowest BCUT2D eigenvalue weighted by atomic mass is 10.0. The molecule has 114 valence electrons. The van der Waals surface area contributed by atoms with Crippen LogP contribution in [0.15, 0.2) is 41.0 Å². The van der Waals surface area contributed by atoms with Crippen LogP contribution in [-0.2, 0) is 0 Å². The van der Waals surface area contributed by atoms with Gasteiger partial charge in [0.05, 0.1) is 6.04 Å². The monoisotopic (exact) mass is 360 g/mol. The van der Waals surface area contributed by atoms with Gasteiger partial charge in [-0.25, -0.2) is 4.98 Å². The molecule has 1 aromatic heterocycles. The summed E-state index contributed by atoms with van der Waals surface area (Å²) in [5.41, 5.74) is 1.21. The zero-order valence-electron chi connectivity index (χ0n) is 12.2. The van der Waals surface area contributed by atoms with Crippen LogP contribution in [0.2, 0.25) is 0 Å². The maximum atomic E-state index is 5.89. The van der Waals surface area contributed by atoms with Crippen molar-refractivity contribution in [2.24, 2.45) is 0 Å². The van der Waals surface area contributed by atoms with Gasteiger partial charge in [-0.3, -0.25) is 0 Å². The van der Waals surface area contributed by atoms with E-state index in [0.717, 1.165) is 41.2 Å². The van der Waals surface area contributed by atoms with Crippen molar-refractivity contribution < 1.29 is 9.47 Å². The summed E-state index contributed by atoms with van der Waals surface area (Å²) in [7, 11) is 0. The van der Waals surface area contributed by atoms with Crippen molar-refractivity contribution >= 4 is 21.7 Å². The molecule has 0 spiro atoms. The maximum Gasteiger partial charge on any atom is 0.166 e. The van der Waals surface area contributed by atoms with E-state index in [9.17, 15) is 0 Å². The fourth-order valence-corrected chi connectivity index (χ4v) is 3.50. The molecule has 0 aliphatic carbocycles. The molecular weight excluding hydrogens is 344 g/mol. The number of rotatable bonds is 2. The fourth-order valence-electron chi connectivity index (χ4n) is 3.26. The largest absolute Gasteiger partial charge is 0.486 e. The third kappa shape index (κ3) is 2.43. The molecule has 1 saturated heterocycles. The molecule has 4 nitrogen and oxygen atoms in total. The van der Waals surface area contributed by atoms with Crippen molar-refractivity contribution in [3.05, 3.63) is 46.6 Å². The second-order valence-electron chi connectivity index (χ2n) is 5.56. The molecular formula is C17H17BrN2O2. The van der Waals surface area contributed by atoms with Gasteiger partial charge in [-0.05, 0) is 47.0 Å². The molecule has 22 heavy (non-hydrogen) atoms. The van der Waals surface area contributed by atoms with Crippen LogP contribution < -0.4 is 14.4 Å². The van der Waals surface area contributed by atoms with Crippen molar-refractivity contribution in [1.29, 1.82) is 0 Å². The topological polar surface area (TPSA) is 34.6 Å². The first-order valence-electron chi connectivity index (χ1n) is 7.59. The number of pyridine rings is 1. The Labute approximate surface area is 138 Å². The SMILES string of the molecule is Brc1ccc(N2CCCC2c2cccc3c2OCCO3)nc1. The number of hydrogen-bond acceptors (Lipinski definition) is 4. The summed E-state index contributed by atoms with van der Waals surface area (Å²) in [6.07, 6.45) is 4.12. The number of ether oxygens (including phenoxy) is 2. The zero-order valence-corrected chi connectivity index (χ0v) is 13.8. The van der Waals surface area contributed by atoms with E-state index in [4.69, 9.17) is 9.47 Å². The van der Waals surface area contributed by atoms with E-state index >= 15 is 0 Å². The summed E-state index contributed by atoms with van der Waals surface area (Å²) >= 11 is 3.45. The van der Waals surface area contributed by atoms with E-state index in [1.807, 2.05) is 24.4 Å². The molecule has 2 aliphatic heterocycles. The van der Waals surface area contributed by atoms with Crippen LogP contribution in [-0.4, -0.2) is 24.7 Å². The Hall–Kier alpha value is -1.75. The highest BCUT2D eigenvalue weighted by atomic mass is 79.9. The Morgan fingerprint density at radius 2 is 2.05 bits per heavy atom. The predicted molar refractivity (Wildman–Crippen MR) is 88.7 cm³/mol. The van der Waals surface area contributed by atoms with Crippen molar-refractivity contribution in [3.63, 3.8) is 0 Å². The number of benzene rings is 1. The first-order chi connectivity index (χ1) is 10.8. The van der Waals surface area contributed by atoms with Crippen LogP contribution in [0.5, 0.6) is 11.5 Å². The average Bonchev–Trinajstić information content (AvgIpc) is 3.04. The second kappa shape index (κ2) is 5.80. The molecule has 0 amide bonds. The summed E-state index contributed by atoms with van der Waals surface area (Å²) in [5.74, 6) is 2.78. The van der Waals surface area contributed by atoms with Gasteiger partial charge in [0.2, 0.25) is 0 Å². The van der Waals surface area contributed by atoms with Crippen LogP contribution in [0.25, 0.3) is 0 Å². The third-order valence-electron chi connectivity index (χ3n) is 4.21. The lowest BCUT2D eigenvalue weighted by molar-refractivity contribution is 0.169. The van der Waals surface area contributed by atoms with E-state index in [-0.39, 0.29) is 0 Å². The number of halogens is 1. The third-order valence-corrected chi connectivity index (χ3v) is 4.68. The number of hydrogen-bond donors (Lipinski definition) is 0. The predicted octanol–water partition coefficient (Wildman–Crippen LogP) is 3.96. The summed E-state index contributed by atoms with van der Waals surface area (Å²) in [6, 6.07) is 10.6. The molecule has 1 atom stereocenters. The summed E-state index contributed by atoms with van der Waals surface area (Å²) in [6.45, 7) is 2.26. The Kier molecular flexibility index (Phi) is 3.66. The average molecular weight is 361 g/mol. The Bertz CT molecular complexity index is 675. The van der Waals surface area contributed by atoms with E-state index < -0.39 is 0 Å². The highest BCUT2D eigenvalue weighted by Gasteiger charge is 2.31. The van der Waals surface area contributed by atoms with Crippen LogP contribution in [0.3, 0.4) is 0 Å². The van der Waals surface area contributed by atoms with E-state index in [0.29, 0.717) is 19.3 Å². The molecule has 1 fully saturated rings. The molecule has 1 aromatic carbocycles. The van der Waals surface area contributed by atoms with Gasteiger partial charge in [-0.15, -0.1) is 0 Å². The first-order valence-corrected chi connectivity index (χ1v) is 8.39. The fraction of sp³-hybridized carbons (Fsp3) is 0.353. The minimum atomic E-state index is 0.297. The quantitative estimate of drug-likeness (QED) is 0.811. The van der Waals surface area contributed by atoms with Crippen molar-refractivity contribution in [3.8, 4) is 11.5 Å². The van der Waals surface area contributed by atoms with Gasteiger partial charge in [0.25, 0.3) is 0 Å². The maximum absolute atomic E-state index is 5.89.